The number of carbonyl (C=O) groups is 1. The SMILES string of the molecule is CC(=O)Nc1ccc(CNC(C)CS(C)=O)cc1. The van der Waals surface area contributed by atoms with E-state index < -0.39 is 10.8 Å². The minimum Gasteiger partial charge on any atom is -0.326 e. The normalized spacial score (nSPS) is 13.9. The number of rotatable bonds is 6. The van der Waals surface area contributed by atoms with Gasteiger partial charge in [-0.05, 0) is 24.6 Å². The van der Waals surface area contributed by atoms with Crippen LogP contribution in [-0.4, -0.2) is 28.2 Å². The molecule has 0 fully saturated rings. The molecule has 0 aromatic heterocycles. The molecule has 2 N–H and O–H groups in total. The molecule has 0 saturated heterocycles. The molecule has 0 spiro atoms. The first-order chi connectivity index (χ1) is 8.47. The smallest absolute Gasteiger partial charge is 0.221 e. The average molecular weight is 268 g/mol. The maximum Gasteiger partial charge on any atom is 0.221 e. The van der Waals surface area contributed by atoms with Gasteiger partial charge in [0.1, 0.15) is 0 Å². The number of anilines is 1. The van der Waals surface area contributed by atoms with Crippen molar-refractivity contribution in [3.05, 3.63) is 29.8 Å². The Morgan fingerprint density at radius 1 is 1.33 bits per heavy atom. The highest BCUT2D eigenvalue weighted by molar-refractivity contribution is 7.84. The van der Waals surface area contributed by atoms with E-state index in [4.69, 9.17) is 0 Å². The minimum atomic E-state index is -0.774. The zero-order chi connectivity index (χ0) is 13.5. The minimum absolute atomic E-state index is 0.0695. The first-order valence-electron chi connectivity index (χ1n) is 5.87. The van der Waals surface area contributed by atoms with Gasteiger partial charge in [-0.2, -0.15) is 0 Å². The fourth-order valence-corrected chi connectivity index (χ4v) is 2.43. The highest BCUT2D eigenvalue weighted by Gasteiger charge is 2.03. The molecule has 4 nitrogen and oxygen atoms in total. The fourth-order valence-electron chi connectivity index (χ4n) is 1.61. The van der Waals surface area contributed by atoms with Crippen molar-refractivity contribution < 1.29 is 9.00 Å². The molecule has 0 aliphatic heterocycles. The molecule has 0 heterocycles. The van der Waals surface area contributed by atoms with Crippen LogP contribution in [0.25, 0.3) is 0 Å². The molecule has 1 aromatic carbocycles. The van der Waals surface area contributed by atoms with Crippen LogP contribution < -0.4 is 10.6 Å². The van der Waals surface area contributed by atoms with Crippen molar-refractivity contribution in [3.8, 4) is 0 Å². The summed E-state index contributed by atoms with van der Waals surface area (Å²) in [6.07, 6.45) is 1.71. The highest BCUT2D eigenvalue weighted by Crippen LogP contribution is 2.09. The van der Waals surface area contributed by atoms with Crippen molar-refractivity contribution in [2.24, 2.45) is 0 Å². The van der Waals surface area contributed by atoms with Crippen molar-refractivity contribution in [2.45, 2.75) is 26.4 Å². The molecule has 0 aliphatic carbocycles. The Labute approximate surface area is 111 Å². The van der Waals surface area contributed by atoms with Crippen LogP contribution in [0, 0.1) is 0 Å². The number of benzene rings is 1. The van der Waals surface area contributed by atoms with Gasteiger partial charge in [-0.1, -0.05) is 12.1 Å². The molecule has 0 aliphatic rings. The van der Waals surface area contributed by atoms with Crippen molar-refractivity contribution in [1.29, 1.82) is 0 Å². The summed E-state index contributed by atoms with van der Waals surface area (Å²) in [7, 11) is -0.774. The standard InChI is InChI=1S/C13H20N2O2S/c1-10(9-18(3)17)14-8-12-4-6-13(7-5-12)15-11(2)16/h4-7,10,14H,8-9H2,1-3H3,(H,15,16). The van der Waals surface area contributed by atoms with E-state index in [-0.39, 0.29) is 11.9 Å². The molecule has 1 aromatic rings. The van der Waals surface area contributed by atoms with E-state index in [0.29, 0.717) is 5.75 Å². The average Bonchev–Trinajstić information content (AvgIpc) is 2.26. The summed E-state index contributed by atoms with van der Waals surface area (Å²) in [4.78, 5) is 10.9. The van der Waals surface area contributed by atoms with E-state index in [2.05, 4.69) is 10.6 Å². The van der Waals surface area contributed by atoms with Crippen molar-refractivity contribution in [3.63, 3.8) is 0 Å². The second-order valence-corrected chi connectivity index (χ2v) is 5.88. The first kappa shape index (κ1) is 14.9. The summed E-state index contributed by atoms with van der Waals surface area (Å²) in [6, 6.07) is 7.91. The molecule has 5 heteroatoms. The Hall–Kier alpha value is -1.20. The summed E-state index contributed by atoms with van der Waals surface area (Å²) < 4.78 is 11.0. The highest BCUT2D eigenvalue weighted by atomic mass is 32.2. The van der Waals surface area contributed by atoms with Crippen molar-refractivity contribution >= 4 is 22.4 Å². The molecule has 0 saturated carbocycles. The van der Waals surface area contributed by atoms with Crippen LogP contribution in [0.2, 0.25) is 0 Å². The third-order valence-electron chi connectivity index (χ3n) is 2.41. The summed E-state index contributed by atoms with van der Waals surface area (Å²) >= 11 is 0. The fraction of sp³-hybridized carbons (Fsp3) is 0.462. The number of hydrogen-bond donors (Lipinski definition) is 2. The van der Waals surface area contributed by atoms with Gasteiger partial charge >= 0.3 is 0 Å². The van der Waals surface area contributed by atoms with Crippen molar-refractivity contribution in [1.82, 2.24) is 5.32 Å². The lowest BCUT2D eigenvalue weighted by Crippen LogP contribution is -2.30. The third kappa shape index (κ3) is 5.93. The Kier molecular flexibility index (Phi) is 6.01. The van der Waals surface area contributed by atoms with Gasteiger partial charge in [0.05, 0.1) is 0 Å². The van der Waals surface area contributed by atoms with Crippen molar-refractivity contribution in [2.75, 3.05) is 17.3 Å². The molecule has 2 unspecified atom stereocenters. The topological polar surface area (TPSA) is 58.2 Å². The van der Waals surface area contributed by atoms with Crippen LogP contribution >= 0.6 is 0 Å². The van der Waals surface area contributed by atoms with Crippen LogP contribution in [-0.2, 0) is 22.1 Å². The first-order valence-corrected chi connectivity index (χ1v) is 7.60. The number of nitrogens with one attached hydrogen (secondary N) is 2. The maximum absolute atomic E-state index is 11.0. The van der Waals surface area contributed by atoms with E-state index in [9.17, 15) is 9.00 Å². The Morgan fingerprint density at radius 2 is 1.94 bits per heavy atom. The number of hydrogen-bond acceptors (Lipinski definition) is 3. The van der Waals surface area contributed by atoms with Gasteiger partial charge < -0.3 is 10.6 Å². The van der Waals surface area contributed by atoms with Gasteiger partial charge in [0.25, 0.3) is 0 Å². The summed E-state index contributed by atoms with van der Waals surface area (Å²) in [5.74, 6) is 0.587. The van der Waals surface area contributed by atoms with Gasteiger partial charge in [0, 0.05) is 48.0 Å². The lowest BCUT2D eigenvalue weighted by molar-refractivity contribution is -0.114. The van der Waals surface area contributed by atoms with E-state index >= 15 is 0 Å². The molecular formula is C13H20N2O2S. The van der Waals surface area contributed by atoms with Crippen LogP contribution in [0.4, 0.5) is 5.69 Å². The Morgan fingerprint density at radius 3 is 2.44 bits per heavy atom. The summed E-state index contributed by atoms with van der Waals surface area (Å²) in [5.41, 5.74) is 1.94. The zero-order valence-corrected chi connectivity index (χ0v) is 11.8. The predicted molar refractivity (Wildman–Crippen MR) is 76.0 cm³/mol. The lowest BCUT2D eigenvalue weighted by Gasteiger charge is -2.12. The maximum atomic E-state index is 11.0. The molecule has 1 amide bonds. The number of amides is 1. The summed E-state index contributed by atoms with van der Waals surface area (Å²) in [5, 5.41) is 6.03. The second kappa shape index (κ2) is 7.28. The number of carbonyl (C=O) groups excluding carboxylic acids is 1. The molecule has 1 rings (SSSR count). The molecular weight excluding hydrogens is 248 g/mol. The lowest BCUT2D eigenvalue weighted by atomic mass is 10.2. The van der Waals surface area contributed by atoms with Crippen LogP contribution in [0.1, 0.15) is 19.4 Å². The molecule has 2 atom stereocenters. The van der Waals surface area contributed by atoms with Gasteiger partial charge in [-0.15, -0.1) is 0 Å². The van der Waals surface area contributed by atoms with Crippen LogP contribution in [0.15, 0.2) is 24.3 Å². The predicted octanol–water partition coefficient (Wildman–Crippen LogP) is 1.50. The quantitative estimate of drug-likeness (QED) is 0.822. The van der Waals surface area contributed by atoms with E-state index in [1.165, 1.54) is 6.92 Å². The van der Waals surface area contributed by atoms with Gasteiger partial charge in [0.15, 0.2) is 0 Å². The van der Waals surface area contributed by atoms with E-state index in [0.717, 1.165) is 17.8 Å². The molecule has 0 radical (unpaired) electrons. The van der Waals surface area contributed by atoms with Crippen LogP contribution in [0.3, 0.4) is 0 Å². The van der Waals surface area contributed by atoms with Gasteiger partial charge in [-0.3, -0.25) is 9.00 Å². The second-order valence-electron chi connectivity index (χ2n) is 4.40. The molecule has 100 valence electrons. The molecule has 0 bridgehead atoms. The Balaban J connectivity index is 2.43. The van der Waals surface area contributed by atoms with Gasteiger partial charge in [0.2, 0.25) is 5.91 Å². The monoisotopic (exact) mass is 268 g/mol. The third-order valence-corrected chi connectivity index (χ3v) is 3.38. The van der Waals surface area contributed by atoms with E-state index in [1.54, 1.807) is 6.26 Å². The Bertz CT molecular complexity index is 418. The van der Waals surface area contributed by atoms with E-state index in [1.807, 2.05) is 31.2 Å². The van der Waals surface area contributed by atoms with Crippen LogP contribution in [0.5, 0.6) is 0 Å². The molecule has 18 heavy (non-hydrogen) atoms. The largest absolute Gasteiger partial charge is 0.326 e. The zero-order valence-electron chi connectivity index (χ0n) is 11.0. The van der Waals surface area contributed by atoms with Gasteiger partial charge in [-0.25, -0.2) is 0 Å². The summed E-state index contributed by atoms with van der Waals surface area (Å²) in [6.45, 7) is 4.24.